The van der Waals surface area contributed by atoms with Gasteiger partial charge in [-0.1, -0.05) is 0 Å². The van der Waals surface area contributed by atoms with E-state index in [1.54, 1.807) is 11.8 Å². The van der Waals surface area contributed by atoms with Crippen LogP contribution in [0.3, 0.4) is 0 Å². The Hall–Kier alpha value is -2.64. The first kappa shape index (κ1) is 13.3. The van der Waals surface area contributed by atoms with E-state index in [2.05, 4.69) is 15.2 Å². The Kier molecular flexibility index (Phi) is 3.20. The van der Waals surface area contributed by atoms with E-state index in [-0.39, 0.29) is 17.6 Å². The van der Waals surface area contributed by atoms with Crippen molar-refractivity contribution in [2.75, 3.05) is 6.54 Å². The first-order valence-electron chi connectivity index (χ1n) is 6.64. The van der Waals surface area contributed by atoms with Gasteiger partial charge in [-0.25, -0.2) is 4.98 Å². The van der Waals surface area contributed by atoms with Gasteiger partial charge in [0.15, 0.2) is 11.6 Å². The molecule has 110 valence electrons. The van der Waals surface area contributed by atoms with Crippen molar-refractivity contribution in [1.82, 2.24) is 20.1 Å². The van der Waals surface area contributed by atoms with E-state index >= 15 is 0 Å². The Morgan fingerprint density at radius 1 is 1.52 bits per heavy atom. The zero-order chi connectivity index (χ0) is 15.0. The van der Waals surface area contributed by atoms with Gasteiger partial charge in [0.05, 0.1) is 23.5 Å². The number of oxazole rings is 1. The van der Waals surface area contributed by atoms with Crippen LogP contribution < -0.4 is 5.73 Å². The number of aromatic nitrogens is 3. The molecule has 1 fully saturated rings. The van der Waals surface area contributed by atoms with Crippen molar-refractivity contribution >= 4 is 11.8 Å². The van der Waals surface area contributed by atoms with Gasteiger partial charge in [0.25, 0.3) is 11.8 Å². The van der Waals surface area contributed by atoms with Crippen LogP contribution in [0.25, 0.3) is 0 Å². The molecule has 1 aliphatic rings. The Labute approximate surface area is 120 Å². The lowest BCUT2D eigenvalue weighted by molar-refractivity contribution is 0.0724. The largest absolute Gasteiger partial charge is 0.448 e. The summed E-state index contributed by atoms with van der Waals surface area (Å²) in [5.74, 6) is -0.344. The van der Waals surface area contributed by atoms with Crippen molar-refractivity contribution in [3.63, 3.8) is 0 Å². The van der Waals surface area contributed by atoms with Crippen LogP contribution >= 0.6 is 0 Å². The van der Waals surface area contributed by atoms with Gasteiger partial charge >= 0.3 is 0 Å². The van der Waals surface area contributed by atoms with Crippen LogP contribution in [-0.2, 0) is 0 Å². The number of nitrogens with one attached hydrogen (secondary N) is 1. The molecule has 1 aliphatic heterocycles. The Morgan fingerprint density at radius 3 is 3.00 bits per heavy atom. The number of hydrogen-bond donors (Lipinski definition) is 2. The predicted molar refractivity (Wildman–Crippen MR) is 71.4 cm³/mol. The van der Waals surface area contributed by atoms with Crippen LogP contribution in [0.2, 0.25) is 0 Å². The van der Waals surface area contributed by atoms with E-state index in [0.29, 0.717) is 23.7 Å². The van der Waals surface area contributed by atoms with Crippen molar-refractivity contribution < 1.29 is 14.0 Å². The number of nitrogens with two attached hydrogens (primary N) is 1. The minimum Gasteiger partial charge on any atom is -0.448 e. The molecule has 2 aromatic heterocycles. The van der Waals surface area contributed by atoms with Crippen molar-refractivity contribution in [3.05, 3.63) is 35.3 Å². The zero-order valence-corrected chi connectivity index (χ0v) is 11.5. The lowest BCUT2D eigenvalue weighted by Crippen LogP contribution is -2.32. The van der Waals surface area contributed by atoms with Gasteiger partial charge in [-0.2, -0.15) is 5.10 Å². The van der Waals surface area contributed by atoms with Gasteiger partial charge in [-0.05, 0) is 12.8 Å². The standard InChI is InChI=1S/C13H15N5O3/c1-7-16-9(6-21-7)13(20)18-4-2-3-10(18)11-8(12(14)19)5-15-17-11/h5-6,10H,2-4H2,1H3,(H2,14,19)(H,15,17)/t10-/m0/s1. The fourth-order valence-electron chi connectivity index (χ4n) is 2.67. The lowest BCUT2D eigenvalue weighted by Gasteiger charge is -2.23. The third-order valence-corrected chi connectivity index (χ3v) is 3.62. The molecule has 0 unspecified atom stereocenters. The van der Waals surface area contributed by atoms with Crippen LogP contribution in [0.15, 0.2) is 16.9 Å². The summed E-state index contributed by atoms with van der Waals surface area (Å²) >= 11 is 0. The van der Waals surface area contributed by atoms with E-state index in [4.69, 9.17) is 10.2 Å². The van der Waals surface area contributed by atoms with Crippen LogP contribution in [0.1, 0.15) is 51.3 Å². The number of hydrogen-bond acceptors (Lipinski definition) is 5. The molecule has 1 atom stereocenters. The van der Waals surface area contributed by atoms with E-state index in [9.17, 15) is 9.59 Å². The molecule has 3 heterocycles. The maximum absolute atomic E-state index is 12.5. The summed E-state index contributed by atoms with van der Waals surface area (Å²) in [5, 5.41) is 6.64. The Bertz CT molecular complexity index is 690. The highest BCUT2D eigenvalue weighted by molar-refractivity contribution is 5.95. The third-order valence-electron chi connectivity index (χ3n) is 3.62. The van der Waals surface area contributed by atoms with Gasteiger partial charge in [0.2, 0.25) is 0 Å². The molecule has 0 saturated carbocycles. The number of amides is 2. The van der Waals surface area contributed by atoms with Crippen molar-refractivity contribution in [1.29, 1.82) is 0 Å². The summed E-state index contributed by atoms with van der Waals surface area (Å²) < 4.78 is 5.08. The number of rotatable bonds is 3. The molecule has 2 aromatic rings. The molecule has 8 nitrogen and oxygen atoms in total. The maximum atomic E-state index is 12.5. The minimum atomic E-state index is -0.560. The number of aryl methyl sites for hydroxylation is 1. The SMILES string of the molecule is Cc1nc(C(=O)N2CCC[C@H]2c2[nH]ncc2C(N)=O)co1. The average molecular weight is 289 g/mol. The number of aromatic amines is 1. The monoisotopic (exact) mass is 289 g/mol. The number of primary amides is 1. The number of carbonyl (C=O) groups is 2. The number of H-pyrrole nitrogens is 1. The van der Waals surface area contributed by atoms with Gasteiger partial charge in [0, 0.05) is 13.5 Å². The molecule has 0 aromatic carbocycles. The highest BCUT2D eigenvalue weighted by atomic mass is 16.3. The lowest BCUT2D eigenvalue weighted by atomic mass is 10.1. The molecule has 8 heteroatoms. The molecule has 3 N–H and O–H groups in total. The van der Waals surface area contributed by atoms with Gasteiger partial charge < -0.3 is 15.1 Å². The minimum absolute atomic E-state index is 0.223. The predicted octanol–water partition coefficient (Wildman–Crippen LogP) is 0.782. The first-order chi connectivity index (χ1) is 10.1. The maximum Gasteiger partial charge on any atom is 0.276 e. The molecule has 0 spiro atoms. The normalized spacial score (nSPS) is 18.1. The first-order valence-corrected chi connectivity index (χ1v) is 6.64. The third kappa shape index (κ3) is 2.28. The average Bonchev–Trinajstić information content (AvgIpc) is 3.16. The second kappa shape index (κ2) is 5.04. The molecule has 3 rings (SSSR count). The summed E-state index contributed by atoms with van der Waals surface area (Å²) in [6.07, 6.45) is 4.31. The van der Waals surface area contributed by atoms with Gasteiger partial charge in [0.1, 0.15) is 6.26 Å². The summed E-state index contributed by atoms with van der Waals surface area (Å²) in [5.41, 5.74) is 6.49. The van der Waals surface area contributed by atoms with E-state index in [0.717, 1.165) is 12.8 Å². The smallest absolute Gasteiger partial charge is 0.276 e. The molecule has 2 amide bonds. The fourth-order valence-corrected chi connectivity index (χ4v) is 2.67. The van der Waals surface area contributed by atoms with Gasteiger partial charge in [-0.3, -0.25) is 14.7 Å². The quantitative estimate of drug-likeness (QED) is 0.865. The van der Waals surface area contributed by atoms with Crippen LogP contribution in [0.4, 0.5) is 0 Å². The molecule has 0 bridgehead atoms. The van der Waals surface area contributed by atoms with E-state index in [1.807, 2.05) is 0 Å². The Balaban J connectivity index is 1.90. The topological polar surface area (TPSA) is 118 Å². The van der Waals surface area contributed by atoms with Crippen molar-refractivity contribution in [3.8, 4) is 0 Å². The van der Waals surface area contributed by atoms with Crippen LogP contribution in [0, 0.1) is 6.92 Å². The van der Waals surface area contributed by atoms with E-state index in [1.165, 1.54) is 12.5 Å². The van der Waals surface area contributed by atoms with Gasteiger partial charge in [-0.15, -0.1) is 0 Å². The second-order valence-corrected chi connectivity index (χ2v) is 4.97. The fraction of sp³-hybridized carbons (Fsp3) is 0.385. The number of carbonyl (C=O) groups excluding carboxylic acids is 2. The molecule has 0 aliphatic carbocycles. The highest BCUT2D eigenvalue weighted by Crippen LogP contribution is 2.33. The summed E-state index contributed by atoms with van der Waals surface area (Å²) in [6, 6.07) is -0.250. The van der Waals surface area contributed by atoms with Crippen molar-refractivity contribution in [2.24, 2.45) is 5.73 Å². The van der Waals surface area contributed by atoms with E-state index < -0.39 is 5.91 Å². The molecular formula is C13H15N5O3. The molecule has 0 radical (unpaired) electrons. The summed E-state index contributed by atoms with van der Waals surface area (Å²) in [6.45, 7) is 2.27. The van der Waals surface area contributed by atoms with Crippen LogP contribution in [-0.4, -0.2) is 38.4 Å². The second-order valence-electron chi connectivity index (χ2n) is 4.97. The van der Waals surface area contributed by atoms with Crippen LogP contribution in [0.5, 0.6) is 0 Å². The number of nitrogens with zero attached hydrogens (tertiary/aromatic N) is 3. The molecular weight excluding hydrogens is 274 g/mol. The Morgan fingerprint density at radius 2 is 2.33 bits per heavy atom. The highest BCUT2D eigenvalue weighted by Gasteiger charge is 2.34. The summed E-state index contributed by atoms with van der Waals surface area (Å²) in [4.78, 5) is 29.6. The van der Waals surface area contributed by atoms with Crippen molar-refractivity contribution in [2.45, 2.75) is 25.8 Å². The summed E-state index contributed by atoms with van der Waals surface area (Å²) in [7, 11) is 0. The molecule has 1 saturated heterocycles. The number of likely N-dealkylation sites (tertiary alicyclic amines) is 1. The zero-order valence-electron chi connectivity index (χ0n) is 11.5. The molecule has 21 heavy (non-hydrogen) atoms.